The molecule has 13 heteroatoms. The molecule has 0 aliphatic carbocycles. The van der Waals surface area contributed by atoms with Gasteiger partial charge < -0.3 is 10.1 Å². The van der Waals surface area contributed by atoms with Gasteiger partial charge in [0.05, 0.1) is 17.1 Å². The lowest BCUT2D eigenvalue weighted by atomic mass is 10.2. The molecule has 3 aromatic rings. The Morgan fingerprint density at radius 2 is 1.85 bits per heavy atom. The van der Waals surface area contributed by atoms with E-state index in [1.807, 2.05) is 0 Å². The van der Waals surface area contributed by atoms with Crippen LogP contribution in [0.1, 0.15) is 18.4 Å². The quantitative estimate of drug-likeness (QED) is 0.320. The summed E-state index contributed by atoms with van der Waals surface area (Å²) < 4.78 is 83.5. The number of halogens is 4. The van der Waals surface area contributed by atoms with Crippen molar-refractivity contribution in [2.75, 3.05) is 16.6 Å². The fourth-order valence-electron chi connectivity index (χ4n) is 2.62. The Kier molecular flexibility index (Phi) is 7.53. The molecule has 176 valence electrons. The highest BCUT2D eigenvalue weighted by Gasteiger charge is 2.34. The Morgan fingerprint density at radius 3 is 2.48 bits per heavy atom. The van der Waals surface area contributed by atoms with Gasteiger partial charge in [0.15, 0.2) is 5.13 Å². The second-order valence-corrected chi connectivity index (χ2v) is 9.18. The molecule has 7 nitrogen and oxygen atoms in total. The Balaban J connectivity index is 1.47. The van der Waals surface area contributed by atoms with Crippen molar-refractivity contribution in [3.05, 3.63) is 65.4 Å². The Bertz CT molecular complexity index is 1200. The minimum atomic E-state index is -4.84. The molecule has 3 rings (SSSR count). The van der Waals surface area contributed by atoms with E-state index in [4.69, 9.17) is 4.74 Å². The summed E-state index contributed by atoms with van der Waals surface area (Å²) in [6, 6.07) is 7.78. The van der Waals surface area contributed by atoms with Crippen LogP contribution >= 0.6 is 11.3 Å². The van der Waals surface area contributed by atoms with E-state index in [-0.39, 0.29) is 35.2 Å². The molecular weight excluding hydrogens is 486 g/mol. The van der Waals surface area contributed by atoms with Crippen LogP contribution in [0.2, 0.25) is 0 Å². The average molecular weight is 503 g/mol. The van der Waals surface area contributed by atoms with Gasteiger partial charge in [-0.1, -0.05) is 0 Å². The van der Waals surface area contributed by atoms with Gasteiger partial charge in [0.25, 0.3) is 10.0 Å². The summed E-state index contributed by atoms with van der Waals surface area (Å²) in [6.45, 7) is -0.0596. The standard InChI is InChI=1S/C20H17F4N3O4S2/c21-17-8-5-14(12-16(17)20(22,23)24)31-10-1-2-18(28)26-13-3-6-15(7-4-13)33(29,30)27-19-25-9-11-32-19/h3-9,11-12H,1-2,10H2,(H,25,27)(H,26,28). The number of carbonyl (C=O) groups excluding carboxylic acids is 1. The van der Waals surface area contributed by atoms with Crippen molar-refractivity contribution in [2.24, 2.45) is 0 Å². The number of sulfonamides is 1. The third-order valence-corrected chi connectivity index (χ3v) is 6.34. The van der Waals surface area contributed by atoms with Crippen LogP contribution in [0.5, 0.6) is 5.75 Å². The van der Waals surface area contributed by atoms with Crippen molar-refractivity contribution < 1.29 is 35.5 Å². The predicted octanol–water partition coefficient (Wildman–Crippen LogP) is 4.90. The van der Waals surface area contributed by atoms with Gasteiger partial charge in [-0.05, 0) is 48.9 Å². The molecule has 0 saturated heterocycles. The Morgan fingerprint density at radius 1 is 1.12 bits per heavy atom. The molecule has 0 unspecified atom stereocenters. The summed E-state index contributed by atoms with van der Waals surface area (Å²) in [5.74, 6) is -1.95. The number of hydrogen-bond acceptors (Lipinski definition) is 6. The normalized spacial score (nSPS) is 11.8. The fraction of sp³-hybridized carbons (Fsp3) is 0.200. The van der Waals surface area contributed by atoms with Crippen molar-refractivity contribution in [3.63, 3.8) is 0 Å². The van der Waals surface area contributed by atoms with Crippen molar-refractivity contribution in [3.8, 4) is 5.75 Å². The molecule has 1 heterocycles. The number of nitrogens with zero attached hydrogens (tertiary/aromatic N) is 1. The Hall–Kier alpha value is -3.19. The molecule has 0 aliphatic heterocycles. The molecule has 0 radical (unpaired) electrons. The predicted molar refractivity (Wildman–Crippen MR) is 114 cm³/mol. The van der Waals surface area contributed by atoms with Crippen LogP contribution in [0.15, 0.2) is 58.9 Å². The SMILES string of the molecule is O=C(CCCOc1ccc(F)c(C(F)(F)F)c1)Nc1ccc(S(=O)(=O)Nc2nccs2)cc1. The van der Waals surface area contributed by atoms with Crippen molar-refractivity contribution in [1.82, 2.24) is 4.98 Å². The number of amides is 1. The number of alkyl halides is 3. The third-order valence-electron chi connectivity index (χ3n) is 4.16. The monoisotopic (exact) mass is 503 g/mol. The zero-order valence-corrected chi connectivity index (χ0v) is 18.4. The highest BCUT2D eigenvalue weighted by Crippen LogP contribution is 2.33. The molecule has 1 aromatic heterocycles. The highest BCUT2D eigenvalue weighted by molar-refractivity contribution is 7.93. The number of nitrogens with one attached hydrogen (secondary N) is 2. The van der Waals surface area contributed by atoms with E-state index in [0.717, 1.165) is 17.4 Å². The highest BCUT2D eigenvalue weighted by atomic mass is 32.2. The average Bonchev–Trinajstić information content (AvgIpc) is 3.24. The minimum Gasteiger partial charge on any atom is -0.494 e. The third kappa shape index (κ3) is 6.89. The zero-order chi connectivity index (χ0) is 24.1. The maximum atomic E-state index is 13.3. The van der Waals surface area contributed by atoms with Crippen LogP contribution in [0, 0.1) is 5.82 Å². The number of anilines is 2. The second kappa shape index (κ2) is 10.2. The van der Waals surface area contributed by atoms with Gasteiger partial charge >= 0.3 is 6.18 Å². The summed E-state index contributed by atoms with van der Waals surface area (Å²) in [5, 5.41) is 4.44. The summed E-state index contributed by atoms with van der Waals surface area (Å²) in [7, 11) is -3.81. The number of aromatic nitrogens is 1. The zero-order valence-electron chi connectivity index (χ0n) is 16.7. The van der Waals surface area contributed by atoms with Crippen LogP contribution in [-0.2, 0) is 21.0 Å². The van der Waals surface area contributed by atoms with Gasteiger partial charge in [-0.3, -0.25) is 9.52 Å². The lowest BCUT2D eigenvalue weighted by Crippen LogP contribution is -2.14. The molecule has 0 spiro atoms. The first-order chi connectivity index (χ1) is 15.5. The van der Waals surface area contributed by atoms with Crippen LogP contribution in [0.25, 0.3) is 0 Å². The van der Waals surface area contributed by atoms with E-state index in [1.165, 1.54) is 30.5 Å². The van der Waals surface area contributed by atoms with Gasteiger partial charge in [-0.25, -0.2) is 17.8 Å². The number of rotatable bonds is 9. The lowest BCUT2D eigenvalue weighted by Gasteiger charge is -2.11. The van der Waals surface area contributed by atoms with Crippen molar-refractivity contribution in [2.45, 2.75) is 23.9 Å². The maximum absolute atomic E-state index is 13.3. The van der Waals surface area contributed by atoms with E-state index < -0.39 is 33.5 Å². The first-order valence-corrected chi connectivity index (χ1v) is 11.7. The fourth-order valence-corrected chi connectivity index (χ4v) is 4.41. The molecule has 0 bridgehead atoms. The van der Waals surface area contributed by atoms with Gasteiger partial charge in [0.2, 0.25) is 5.91 Å². The Labute approximate surface area is 190 Å². The lowest BCUT2D eigenvalue weighted by molar-refractivity contribution is -0.140. The van der Waals surface area contributed by atoms with Crippen LogP contribution in [0.3, 0.4) is 0 Å². The van der Waals surface area contributed by atoms with Gasteiger partial charge in [0.1, 0.15) is 11.6 Å². The van der Waals surface area contributed by atoms with Gasteiger partial charge in [-0.15, -0.1) is 11.3 Å². The summed E-state index contributed by atoms with van der Waals surface area (Å²) in [5.41, 5.74) is -1.06. The smallest absolute Gasteiger partial charge is 0.419 e. The van der Waals surface area contributed by atoms with E-state index in [1.54, 1.807) is 5.38 Å². The van der Waals surface area contributed by atoms with Crippen molar-refractivity contribution >= 4 is 38.1 Å². The molecule has 1 amide bonds. The van der Waals surface area contributed by atoms with E-state index in [2.05, 4.69) is 15.0 Å². The second-order valence-electron chi connectivity index (χ2n) is 6.61. The van der Waals surface area contributed by atoms with E-state index in [9.17, 15) is 30.8 Å². The minimum absolute atomic E-state index is 0.00102. The van der Waals surface area contributed by atoms with E-state index >= 15 is 0 Å². The molecule has 0 atom stereocenters. The number of ether oxygens (including phenoxy) is 1. The van der Waals surface area contributed by atoms with Gasteiger partial charge in [0, 0.05) is 23.7 Å². The van der Waals surface area contributed by atoms with Gasteiger partial charge in [-0.2, -0.15) is 13.2 Å². The number of carbonyl (C=O) groups is 1. The summed E-state index contributed by atoms with van der Waals surface area (Å²) >= 11 is 1.13. The van der Waals surface area contributed by atoms with Crippen LogP contribution in [-0.4, -0.2) is 25.9 Å². The number of benzene rings is 2. The topological polar surface area (TPSA) is 97.4 Å². The first kappa shape index (κ1) is 24.5. The molecular formula is C20H17F4N3O4S2. The first-order valence-electron chi connectivity index (χ1n) is 9.36. The summed E-state index contributed by atoms with van der Waals surface area (Å²) in [6.07, 6.45) is -3.19. The molecule has 0 saturated carbocycles. The largest absolute Gasteiger partial charge is 0.494 e. The number of hydrogen-bond donors (Lipinski definition) is 2. The summed E-state index contributed by atoms with van der Waals surface area (Å²) in [4.78, 5) is 15.9. The molecule has 33 heavy (non-hydrogen) atoms. The molecule has 2 aromatic carbocycles. The number of thiazole rings is 1. The van der Waals surface area contributed by atoms with E-state index in [0.29, 0.717) is 17.8 Å². The molecule has 0 aliphatic rings. The van der Waals surface area contributed by atoms with Crippen LogP contribution in [0.4, 0.5) is 28.4 Å². The molecule has 2 N–H and O–H groups in total. The maximum Gasteiger partial charge on any atom is 0.419 e. The molecule has 0 fully saturated rings. The van der Waals surface area contributed by atoms with Crippen LogP contribution < -0.4 is 14.8 Å². The van der Waals surface area contributed by atoms with Crippen molar-refractivity contribution in [1.29, 1.82) is 0 Å².